The molecule has 27 heavy (non-hydrogen) atoms. The second-order valence-electron chi connectivity index (χ2n) is 6.87. The Morgan fingerprint density at radius 1 is 1.30 bits per heavy atom. The number of benzene rings is 2. The van der Waals surface area contributed by atoms with Gasteiger partial charge >= 0.3 is 5.97 Å². The van der Waals surface area contributed by atoms with Crippen LogP contribution in [0.4, 0.5) is 10.1 Å². The minimum atomic E-state index is -0.864. The summed E-state index contributed by atoms with van der Waals surface area (Å²) in [6.07, 6.45) is 1.58. The molecule has 6 heteroatoms. The molecule has 3 rings (SSSR count). The molecule has 1 heterocycles. The molecule has 0 unspecified atom stereocenters. The van der Waals surface area contributed by atoms with Gasteiger partial charge in [-0.1, -0.05) is 13.8 Å². The van der Waals surface area contributed by atoms with E-state index in [9.17, 15) is 9.18 Å². The van der Waals surface area contributed by atoms with E-state index in [4.69, 9.17) is 16.2 Å². The molecule has 0 fully saturated rings. The molecule has 1 aromatic heterocycles. The van der Waals surface area contributed by atoms with E-state index in [-0.39, 0.29) is 18.2 Å². The van der Waals surface area contributed by atoms with Crippen molar-refractivity contribution >= 4 is 28.8 Å². The number of rotatable bonds is 6. The molecule has 0 amide bonds. The fourth-order valence-corrected chi connectivity index (χ4v) is 3.55. The monoisotopic (exact) mass is 367 g/mol. The molecular weight excluding hydrogens is 345 g/mol. The number of anilines is 1. The van der Waals surface area contributed by atoms with Gasteiger partial charge in [0.05, 0.1) is 5.52 Å². The number of fused-ring (bicyclic) bond motifs is 1. The number of carboxylic acid groups (broad SMARTS) is 1. The van der Waals surface area contributed by atoms with E-state index in [1.54, 1.807) is 18.2 Å². The standard InChI is InChI=1S/C21H22FN3O2/c1-12(2)21-16(7-8-20(26)27)17-10-18(24)13(11-23)9-19(17)25(21)15-5-3-14(22)4-6-15/h3-6,9-12,23H,7-8,24H2,1-2H3,(H,26,27). The number of carbonyl (C=O) groups is 1. The van der Waals surface area contributed by atoms with Crippen molar-refractivity contribution in [1.82, 2.24) is 4.57 Å². The molecule has 0 atom stereocenters. The lowest BCUT2D eigenvalue weighted by molar-refractivity contribution is -0.136. The average Bonchev–Trinajstić information content (AvgIpc) is 2.93. The lowest BCUT2D eigenvalue weighted by Crippen LogP contribution is -2.06. The quantitative estimate of drug-likeness (QED) is 0.443. The number of aryl methyl sites for hydroxylation is 1. The van der Waals surface area contributed by atoms with E-state index in [0.717, 1.165) is 27.8 Å². The highest BCUT2D eigenvalue weighted by Gasteiger charge is 2.22. The summed E-state index contributed by atoms with van der Waals surface area (Å²) in [5.74, 6) is -1.08. The Bertz CT molecular complexity index is 1020. The zero-order valence-electron chi connectivity index (χ0n) is 15.3. The zero-order valence-corrected chi connectivity index (χ0v) is 15.3. The summed E-state index contributed by atoms with van der Waals surface area (Å²) in [5, 5.41) is 17.6. The van der Waals surface area contributed by atoms with Crippen LogP contribution >= 0.6 is 0 Å². The van der Waals surface area contributed by atoms with Gasteiger partial charge in [-0.05, 0) is 54.3 Å². The Balaban J connectivity index is 2.39. The zero-order chi connectivity index (χ0) is 19.7. The van der Waals surface area contributed by atoms with E-state index in [2.05, 4.69) is 0 Å². The van der Waals surface area contributed by atoms with E-state index >= 15 is 0 Å². The first-order chi connectivity index (χ1) is 12.8. The molecule has 0 aliphatic heterocycles. The van der Waals surface area contributed by atoms with Gasteiger partial charge in [0.15, 0.2) is 0 Å². The fraction of sp³-hybridized carbons (Fsp3) is 0.238. The number of halogens is 1. The summed E-state index contributed by atoms with van der Waals surface area (Å²) < 4.78 is 15.5. The number of nitrogen functional groups attached to an aromatic ring is 1. The van der Waals surface area contributed by atoms with Crippen molar-refractivity contribution in [1.29, 1.82) is 5.41 Å². The van der Waals surface area contributed by atoms with Crippen LogP contribution in [0.1, 0.15) is 43.0 Å². The van der Waals surface area contributed by atoms with Crippen molar-refractivity contribution in [3.8, 4) is 5.69 Å². The summed E-state index contributed by atoms with van der Waals surface area (Å²) >= 11 is 0. The minimum Gasteiger partial charge on any atom is -0.481 e. The smallest absolute Gasteiger partial charge is 0.303 e. The fourth-order valence-electron chi connectivity index (χ4n) is 3.55. The molecule has 0 spiro atoms. The number of aromatic nitrogens is 1. The molecule has 140 valence electrons. The molecule has 0 bridgehead atoms. The van der Waals surface area contributed by atoms with Gasteiger partial charge in [0, 0.05) is 40.7 Å². The first-order valence-corrected chi connectivity index (χ1v) is 8.78. The summed E-state index contributed by atoms with van der Waals surface area (Å²) in [7, 11) is 0. The maximum absolute atomic E-state index is 13.4. The molecule has 2 aromatic carbocycles. The largest absolute Gasteiger partial charge is 0.481 e. The van der Waals surface area contributed by atoms with Crippen molar-refractivity contribution in [2.24, 2.45) is 0 Å². The van der Waals surface area contributed by atoms with Crippen LogP contribution in [-0.2, 0) is 11.2 Å². The predicted octanol–water partition coefficient (Wildman–Crippen LogP) is 4.49. The summed E-state index contributed by atoms with van der Waals surface area (Å²) in [4.78, 5) is 11.2. The lowest BCUT2D eigenvalue weighted by Gasteiger charge is -2.15. The molecule has 0 saturated heterocycles. The van der Waals surface area contributed by atoms with Crippen molar-refractivity contribution in [2.75, 3.05) is 5.73 Å². The SMILES string of the molecule is CC(C)c1c(CCC(=O)O)c2cc(N)c(C=N)cc2n1-c1ccc(F)cc1. The highest BCUT2D eigenvalue weighted by Crippen LogP contribution is 2.36. The van der Waals surface area contributed by atoms with Crippen molar-refractivity contribution in [3.63, 3.8) is 0 Å². The average molecular weight is 367 g/mol. The number of nitrogens with zero attached hydrogens (tertiary/aromatic N) is 1. The molecule has 3 aromatic rings. The van der Waals surface area contributed by atoms with Gasteiger partial charge in [0.1, 0.15) is 5.82 Å². The van der Waals surface area contributed by atoms with Crippen LogP contribution in [0.2, 0.25) is 0 Å². The number of carboxylic acids is 1. The van der Waals surface area contributed by atoms with Gasteiger partial charge in [-0.15, -0.1) is 0 Å². The maximum atomic E-state index is 13.4. The molecule has 0 aliphatic rings. The van der Waals surface area contributed by atoms with Gasteiger partial charge in [0.25, 0.3) is 0 Å². The molecule has 4 N–H and O–H groups in total. The lowest BCUT2D eigenvalue weighted by atomic mass is 9.98. The minimum absolute atomic E-state index is 0.00841. The number of nitrogens with two attached hydrogens (primary N) is 1. The Hall–Kier alpha value is -3.15. The summed E-state index contributed by atoms with van der Waals surface area (Å²) in [6.45, 7) is 4.08. The predicted molar refractivity (Wildman–Crippen MR) is 106 cm³/mol. The third kappa shape index (κ3) is 3.43. The van der Waals surface area contributed by atoms with E-state index in [0.29, 0.717) is 17.7 Å². The third-order valence-corrected chi connectivity index (χ3v) is 4.69. The van der Waals surface area contributed by atoms with Gasteiger partial charge in [0.2, 0.25) is 0 Å². The molecule has 5 nitrogen and oxygen atoms in total. The van der Waals surface area contributed by atoms with Crippen LogP contribution in [-0.4, -0.2) is 21.9 Å². The van der Waals surface area contributed by atoms with E-state index < -0.39 is 5.97 Å². The molecular formula is C21H22FN3O2. The van der Waals surface area contributed by atoms with Gasteiger partial charge in [-0.2, -0.15) is 0 Å². The van der Waals surface area contributed by atoms with Crippen molar-refractivity contribution in [3.05, 3.63) is 59.0 Å². The molecule has 0 saturated carbocycles. The normalized spacial score (nSPS) is 11.3. The second kappa shape index (κ2) is 7.23. The second-order valence-corrected chi connectivity index (χ2v) is 6.87. The van der Waals surface area contributed by atoms with Crippen LogP contribution in [0.3, 0.4) is 0 Å². The Morgan fingerprint density at radius 3 is 2.52 bits per heavy atom. The number of hydrogen-bond acceptors (Lipinski definition) is 3. The topological polar surface area (TPSA) is 92.1 Å². The number of aliphatic carboxylic acids is 1. The Labute approximate surface area is 156 Å². The Kier molecular flexibility index (Phi) is 4.99. The molecule has 0 aliphatic carbocycles. The number of hydrogen-bond donors (Lipinski definition) is 3. The highest BCUT2D eigenvalue weighted by atomic mass is 19.1. The van der Waals surface area contributed by atoms with Gasteiger partial charge in [-0.3, -0.25) is 4.79 Å². The van der Waals surface area contributed by atoms with Crippen LogP contribution < -0.4 is 5.73 Å². The van der Waals surface area contributed by atoms with Gasteiger partial charge in [-0.25, -0.2) is 4.39 Å². The molecule has 0 radical (unpaired) electrons. The Morgan fingerprint density at radius 2 is 1.96 bits per heavy atom. The summed E-state index contributed by atoms with van der Waals surface area (Å²) in [6, 6.07) is 9.83. The van der Waals surface area contributed by atoms with E-state index in [1.807, 2.05) is 24.5 Å². The van der Waals surface area contributed by atoms with Crippen LogP contribution in [0.15, 0.2) is 36.4 Å². The van der Waals surface area contributed by atoms with Gasteiger partial charge < -0.3 is 20.8 Å². The van der Waals surface area contributed by atoms with Crippen LogP contribution in [0.25, 0.3) is 16.6 Å². The summed E-state index contributed by atoms with van der Waals surface area (Å²) in [5.41, 5.74) is 10.7. The van der Waals surface area contributed by atoms with E-state index in [1.165, 1.54) is 18.3 Å². The van der Waals surface area contributed by atoms with Crippen molar-refractivity contribution in [2.45, 2.75) is 32.6 Å². The maximum Gasteiger partial charge on any atom is 0.303 e. The third-order valence-electron chi connectivity index (χ3n) is 4.69. The highest BCUT2D eigenvalue weighted by molar-refractivity contribution is 5.98. The van der Waals surface area contributed by atoms with Crippen LogP contribution in [0, 0.1) is 11.2 Å². The number of nitrogens with one attached hydrogen (secondary N) is 1. The first kappa shape index (κ1) is 18.6. The first-order valence-electron chi connectivity index (χ1n) is 8.78. The van der Waals surface area contributed by atoms with Crippen LogP contribution in [0.5, 0.6) is 0 Å². The van der Waals surface area contributed by atoms with Crippen molar-refractivity contribution < 1.29 is 14.3 Å².